The van der Waals surface area contributed by atoms with E-state index in [0.717, 1.165) is 24.9 Å². The molecule has 2 rings (SSSR count). The van der Waals surface area contributed by atoms with Crippen molar-refractivity contribution in [2.24, 2.45) is 0 Å². The lowest BCUT2D eigenvalue weighted by atomic mass is 10.1. The molecule has 4 nitrogen and oxygen atoms in total. The lowest BCUT2D eigenvalue weighted by Gasteiger charge is -2.32. The summed E-state index contributed by atoms with van der Waals surface area (Å²) in [5, 5.41) is 3.61. The van der Waals surface area contributed by atoms with Gasteiger partial charge in [0.05, 0.1) is 0 Å². The molecule has 0 bridgehead atoms. The molecule has 1 saturated heterocycles. The Balaban J connectivity index is 1.93. The number of piperidine rings is 1. The molecule has 1 heterocycles. The summed E-state index contributed by atoms with van der Waals surface area (Å²) >= 11 is 5.92. The number of carbonyl (C=O) groups excluding carboxylic acids is 2. The normalized spacial score (nSPS) is 18.5. The second-order valence-electron chi connectivity index (χ2n) is 5.43. The van der Waals surface area contributed by atoms with Crippen LogP contribution in [-0.2, 0) is 9.59 Å². The highest BCUT2D eigenvalue weighted by Gasteiger charge is 2.23. The van der Waals surface area contributed by atoms with Gasteiger partial charge in [-0.3, -0.25) is 9.59 Å². The van der Waals surface area contributed by atoms with Crippen LogP contribution in [0.5, 0.6) is 0 Å². The van der Waals surface area contributed by atoms with Gasteiger partial charge in [0.25, 0.3) is 0 Å². The van der Waals surface area contributed by atoms with Crippen LogP contribution in [0.4, 0.5) is 0 Å². The van der Waals surface area contributed by atoms with Crippen LogP contribution in [0.3, 0.4) is 0 Å². The minimum Gasteiger partial charge on any atom is -0.352 e. The van der Waals surface area contributed by atoms with E-state index in [1.807, 2.05) is 25.1 Å². The van der Waals surface area contributed by atoms with Crippen molar-refractivity contribution in [1.29, 1.82) is 0 Å². The van der Waals surface area contributed by atoms with Gasteiger partial charge in [0.15, 0.2) is 0 Å². The van der Waals surface area contributed by atoms with Crippen LogP contribution < -0.4 is 5.32 Å². The predicted octanol–water partition coefficient (Wildman–Crippen LogP) is 2.87. The molecule has 1 atom stereocenters. The topological polar surface area (TPSA) is 49.4 Å². The van der Waals surface area contributed by atoms with E-state index in [1.54, 1.807) is 23.1 Å². The largest absolute Gasteiger partial charge is 0.352 e. The average Bonchev–Trinajstić information content (AvgIpc) is 2.53. The summed E-state index contributed by atoms with van der Waals surface area (Å²) in [6.45, 7) is 3.14. The minimum atomic E-state index is -0.0320. The van der Waals surface area contributed by atoms with Gasteiger partial charge in [-0.05, 0) is 36.6 Å². The van der Waals surface area contributed by atoms with Gasteiger partial charge in [-0.25, -0.2) is 0 Å². The summed E-state index contributed by atoms with van der Waals surface area (Å²) in [4.78, 5) is 25.5. The highest BCUT2D eigenvalue weighted by Crippen LogP contribution is 2.14. The third-order valence-electron chi connectivity index (χ3n) is 3.69. The van der Waals surface area contributed by atoms with Crippen LogP contribution in [-0.4, -0.2) is 35.8 Å². The van der Waals surface area contributed by atoms with Crippen LogP contribution in [0.25, 0.3) is 6.08 Å². The number of halogens is 1. The Kier molecular flexibility index (Phi) is 6.01. The Morgan fingerprint density at radius 1 is 1.45 bits per heavy atom. The van der Waals surface area contributed by atoms with Crippen LogP contribution in [0.15, 0.2) is 30.3 Å². The Morgan fingerprint density at radius 2 is 2.27 bits per heavy atom. The number of amides is 2. The van der Waals surface area contributed by atoms with Crippen molar-refractivity contribution >= 4 is 29.5 Å². The number of hydrogen-bond acceptors (Lipinski definition) is 2. The lowest BCUT2D eigenvalue weighted by molar-refractivity contribution is -0.129. The average molecular weight is 321 g/mol. The lowest BCUT2D eigenvalue weighted by Crippen LogP contribution is -2.49. The van der Waals surface area contributed by atoms with Crippen molar-refractivity contribution < 1.29 is 9.59 Å². The molecule has 22 heavy (non-hydrogen) atoms. The number of nitrogens with one attached hydrogen (secondary N) is 1. The summed E-state index contributed by atoms with van der Waals surface area (Å²) in [6, 6.07) is 7.42. The summed E-state index contributed by atoms with van der Waals surface area (Å²) in [7, 11) is 0. The molecule has 0 saturated carbocycles. The Bertz CT molecular complexity index is 572. The van der Waals surface area contributed by atoms with E-state index >= 15 is 0 Å². The number of rotatable bonds is 4. The Hall–Kier alpha value is -1.81. The number of hydrogen-bond donors (Lipinski definition) is 1. The molecular formula is C17H21ClN2O2. The van der Waals surface area contributed by atoms with Crippen molar-refractivity contribution in [3.8, 4) is 0 Å². The van der Waals surface area contributed by atoms with Crippen molar-refractivity contribution in [3.05, 3.63) is 40.9 Å². The van der Waals surface area contributed by atoms with Crippen molar-refractivity contribution in [1.82, 2.24) is 10.2 Å². The first kappa shape index (κ1) is 16.6. The van der Waals surface area contributed by atoms with Gasteiger partial charge in [0, 0.05) is 36.7 Å². The van der Waals surface area contributed by atoms with E-state index in [0.29, 0.717) is 18.0 Å². The highest BCUT2D eigenvalue weighted by atomic mass is 35.5. The summed E-state index contributed by atoms with van der Waals surface area (Å²) in [5.74, 6) is 0.00388. The highest BCUT2D eigenvalue weighted by molar-refractivity contribution is 6.30. The SMILES string of the molecule is CCC(=O)N[C@@H]1CCCN(C(=O)/C=C/c2cccc(Cl)c2)C1. The molecule has 0 unspecified atom stereocenters. The van der Waals surface area contributed by atoms with Crippen molar-refractivity contribution in [2.45, 2.75) is 32.2 Å². The van der Waals surface area contributed by atoms with E-state index in [2.05, 4.69) is 5.32 Å². The summed E-state index contributed by atoms with van der Waals surface area (Å²) < 4.78 is 0. The second-order valence-corrected chi connectivity index (χ2v) is 5.87. The summed E-state index contributed by atoms with van der Waals surface area (Å²) in [5.41, 5.74) is 0.897. The van der Waals surface area contributed by atoms with Gasteiger partial charge >= 0.3 is 0 Å². The summed E-state index contributed by atoms with van der Waals surface area (Å²) in [6.07, 6.45) is 5.64. The fraction of sp³-hybridized carbons (Fsp3) is 0.412. The standard InChI is InChI=1S/C17H21ClN2O2/c1-2-16(21)19-15-7-4-10-20(12-15)17(22)9-8-13-5-3-6-14(18)11-13/h3,5-6,8-9,11,15H,2,4,7,10,12H2,1H3,(H,19,21)/b9-8+/t15-/m1/s1. The molecule has 0 aromatic heterocycles. The van der Waals surface area contributed by atoms with Gasteiger partial charge in [-0.2, -0.15) is 0 Å². The Morgan fingerprint density at radius 3 is 3.00 bits per heavy atom. The van der Waals surface area contributed by atoms with E-state index in [-0.39, 0.29) is 17.9 Å². The fourth-order valence-corrected chi connectivity index (χ4v) is 2.71. The molecule has 0 aliphatic carbocycles. The molecule has 1 fully saturated rings. The number of carbonyl (C=O) groups is 2. The quantitative estimate of drug-likeness (QED) is 0.867. The molecule has 1 N–H and O–H groups in total. The molecular weight excluding hydrogens is 300 g/mol. The van der Waals surface area contributed by atoms with Gasteiger partial charge in [0.1, 0.15) is 0 Å². The van der Waals surface area contributed by atoms with Crippen molar-refractivity contribution in [2.75, 3.05) is 13.1 Å². The van der Waals surface area contributed by atoms with Crippen LogP contribution >= 0.6 is 11.6 Å². The fourth-order valence-electron chi connectivity index (χ4n) is 2.51. The van der Waals surface area contributed by atoms with E-state index < -0.39 is 0 Å². The number of benzene rings is 1. The van der Waals surface area contributed by atoms with E-state index in [1.165, 1.54) is 0 Å². The van der Waals surface area contributed by atoms with Gasteiger partial charge in [-0.15, -0.1) is 0 Å². The van der Waals surface area contributed by atoms with Crippen LogP contribution in [0.2, 0.25) is 5.02 Å². The molecule has 2 amide bonds. The van der Waals surface area contributed by atoms with Gasteiger partial charge in [-0.1, -0.05) is 30.7 Å². The molecule has 0 spiro atoms. The molecule has 1 aromatic rings. The minimum absolute atomic E-state index is 0.0320. The molecule has 0 radical (unpaired) electrons. The first-order chi connectivity index (χ1) is 10.6. The van der Waals surface area contributed by atoms with E-state index in [4.69, 9.17) is 11.6 Å². The zero-order valence-electron chi connectivity index (χ0n) is 12.7. The first-order valence-corrected chi connectivity index (χ1v) is 7.98. The smallest absolute Gasteiger partial charge is 0.246 e. The second kappa shape index (κ2) is 7.99. The maximum Gasteiger partial charge on any atom is 0.246 e. The maximum atomic E-state index is 12.3. The monoisotopic (exact) mass is 320 g/mol. The van der Waals surface area contributed by atoms with Crippen LogP contribution in [0.1, 0.15) is 31.7 Å². The van der Waals surface area contributed by atoms with Gasteiger partial charge < -0.3 is 10.2 Å². The first-order valence-electron chi connectivity index (χ1n) is 7.60. The predicted molar refractivity (Wildman–Crippen MR) is 88.5 cm³/mol. The third kappa shape index (κ3) is 4.88. The maximum absolute atomic E-state index is 12.3. The molecule has 1 aromatic carbocycles. The molecule has 1 aliphatic heterocycles. The van der Waals surface area contributed by atoms with E-state index in [9.17, 15) is 9.59 Å². The zero-order chi connectivity index (χ0) is 15.9. The Labute approximate surface area is 136 Å². The zero-order valence-corrected chi connectivity index (χ0v) is 13.5. The molecule has 118 valence electrons. The molecule has 5 heteroatoms. The van der Waals surface area contributed by atoms with Crippen molar-refractivity contribution in [3.63, 3.8) is 0 Å². The number of nitrogens with zero attached hydrogens (tertiary/aromatic N) is 1. The molecule has 1 aliphatic rings. The van der Waals surface area contributed by atoms with Crippen LogP contribution in [0, 0.1) is 0 Å². The number of likely N-dealkylation sites (tertiary alicyclic amines) is 1. The van der Waals surface area contributed by atoms with Gasteiger partial charge in [0.2, 0.25) is 11.8 Å². The third-order valence-corrected chi connectivity index (χ3v) is 3.92.